The van der Waals surface area contributed by atoms with Crippen LogP contribution in [0.4, 0.5) is 0 Å². The molecule has 2 N–H and O–H groups in total. The fraction of sp³-hybridized carbons (Fsp3) is 0.583. The van der Waals surface area contributed by atoms with Crippen LogP contribution < -0.4 is 5.73 Å². The lowest BCUT2D eigenvalue weighted by atomic mass is 9.78. The predicted molar refractivity (Wildman–Crippen MR) is 58.2 cm³/mol. The molecule has 14 heavy (non-hydrogen) atoms. The number of nitrogens with two attached hydrogens (primary N) is 1. The molecule has 0 bridgehead atoms. The van der Waals surface area contributed by atoms with E-state index in [9.17, 15) is 0 Å². The summed E-state index contributed by atoms with van der Waals surface area (Å²) in [6.07, 6.45) is 4.11. The van der Waals surface area contributed by atoms with Crippen molar-refractivity contribution in [3.05, 3.63) is 29.6 Å². The summed E-state index contributed by atoms with van der Waals surface area (Å²) in [5.74, 6) is 0. The summed E-state index contributed by atoms with van der Waals surface area (Å²) in [5.41, 5.74) is 8.62. The van der Waals surface area contributed by atoms with Crippen molar-refractivity contribution < 1.29 is 0 Å². The fourth-order valence-electron chi connectivity index (χ4n) is 1.89. The number of rotatable bonds is 2. The Balaban J connectivity index is 2.38. The van der Waals surface area contributed by atoms with Gasteiger partial charge in [0.15, 0.2) is 0 Å². The maximum Gasteiger partial charge on any atom is 0.0480 e. The minimum Gasteiger partial charge on any atom is -0.324 e. The third-order valence-corrected chi connectivity index (χ3v) is 3.59. The van der Waals surface area contributed by atoms with Gasteiger partial charge in [0.1, 0.15) is 0 Å². The summed E-state index contributed by atoms with van der Waals surface area (Å²) < 4.78 is 0. The van der Waals surface area contributed by atoms with E-state index in [2.05, 4.69) is 31.8 Å². The summed E-state index contributed by atoms with van der Waals surface area (Å²) in [7, 11) is 0. The Bertz CT molecular complexity index is 351. The van der Waals surface area contributed by atoms with Gasteiger partial charge in [-0.25, -0.2) is 0 Å². The first kappa shape index (κ1) is 9.66. The number of aryl methyl sites for hydroxylation is 1. The quantitative estimate of drug-likeness (QED) is 0.776. The predicted octanol–water partition coefficient (Wildman–Crippen LogP) is 2.16. The van der Waals surface area contributed by atoms with Gasteiger partial charge in [0, 0.05) is 22.8 Å². The van der Waals surface area contributed by atoms with E-state index in [0.29, 0.717) is 0 Å². The Morgan fingerprint density at radius 2 is 2.07 bits per heavy atom. The highest BCUT2D eigenvalue weighted by atomic mass is 14.9. The smallest absolute Gasteiger partial charge is 0.0480 e. The summed E-state index contributed by atoms with van der Waals surface area (Å²) >= 11 is 0. The first-order chi connectivity index (χ1) is 6.46. The number of hydrogen-bond acceptors (Lipinski definition) is 2. The van der Waals surface area contributed by atoms with E-state index in [1.54, 1.807) is 0 Å². The molecule has 2 rings (SSSR count). The lowest BCUT2D eigenvalue weighted by Gasteiger charge is -2.31. The van der Waals surface area contributed by atoms with E-state index < -0.39 is 0 Å². The Kier molecular flexibility index (Phi) is 1.93. The Labute approximate surface area is 85.5 Å². The molecule has 1 aliphatic carbocycles. The molecular formula is C12H18N2. The van der Waals surface area contributed by atoms with Gasteiger partial charge in [0.05, 0.1) is 0 Å². The Morgan fingerprint density at radius 1 is 1.43 bits per heavy atom. The van der Waals surface area contributed by atoms with Gasteiger partial charge in [0.2, 0.25) is 0 Å². The molecule has 76 valence electrons. The number of nitrogens with zero attached hydrogens (tertiary/aromatic N) is 1. The fourth-order valence-corrected chi connectivity index (χ4v) is 1.89. The first-order valence-corrected chi connectivity index (χ1v) is 5.18. The first-order valence-electron chi connectivity index (χ1n) is 5.18. The van der Waals surface area contributed by atoms with Crippen LogP contribution in [-0.4, -0.2) is 10.5 Å². The molecule has 2 heteroatoms. The van der Waals surface area contributed by atoms with Gasteiger partial charge in [-0.15, -0.1) is 0 Å². The van der Waals surface area contributed by atoms with Crippen LogP contribution in [0.2, 0.25) is 0 Å². The van der Waals surface area contributed by atoms with Crippen LogP contribution >= 0.6 is 0 Å². The van der Waals surface area contributed by atoms with Gasteiger partial charge in [-0.05, 0) is 37.5 Å². The molecule has 1 heterocycles. The van der Waals surface area contributed by atoms with Crippen LogP contribution in [0.3, 0.4) is 0 Å². The molecule has 1 aliphatic rings. The van der Waals surface area contributed by atoms with E-state index >= 15 is 0 Å². The zero-order valence-electron chi connectivity index (χ0n) is 9.17. The minimum atomic E-state index is -0.0200. The van der Waals surface area contributed by atoms with Gasteiger partial charge >= 0.3 is 0 Å². The highest BCUT2D eigenvalue weighted by Crippen LogP contribution is 2.48. The van der Waals surface area contributed by atoms with Crippen molar-refractivity contribution in [1.82, 2.24) is 4.98 Å². The molecule has 0 saturated heterocycles. The van der Waals surface area contributed by atoms with Gasteiger partial charge in [-0.1, -0.05) is 13.8 Å². The average molecular weight is 190 g/mol. The largest absolute Gasteiger partial charge is 0.324 e. The van der Waals surface area contributed by atoms with Crippen molar-refractivity contribution in [2.24, 2.45) is 5.73 Å². The number of aromatic nitrogens is 1. The average Bonchev–Trinajstić information content (AvgIpc) is 2.85. The lowest BCUT2D eigenvalue weighted by molar-refractivity contribution is 0.381. The van der Waals surface area contributed by atoms with E-state index in [4.69, 9.17) is 5.73 Å². The molecule has 1 fully saturated rings. The summed E-state index contributed by atoms with van der Waals surface area (Å²) in [6, 6.07) is 4.17. The third kappa shape index (κ3) is 1.34. The zero-order chi connectivity index (χ0) is 10.4. The Hall–Kier alpha value is -0.890. The standard InChI is InChI=1S/C12H18N2/c1-9-4-7-14-10(8-9)11(2,3)12(13)5-6-12/h4,7-8H,5-6,13H2,1-3H3. The second-order valence-electron chi connectivity index (χ2n) is 5.00. The molecule has 0 unspecified atom stereocenters. The molecule has 0 radical (unpaired) electrons. The van der Waals surface area contributed by atoms with Crippen LogP contribution in [0.25, 0.3) is 0 Å². The molecule has 1 aromatic rings. The van der Waals surface area contributed by atoms with Crippen molar-refractivity contribution in [3.63, 3.8) is 0 Å². The van der Waals surface area contributed by atoms with Gasteiger partial charge in [-0.3, -0.25) is 4.98 Å². The second-order valence-corrected chi connectivity index (χ2v) is 5.00. The van der Waals surface area contributed by atoms with Crippen LogP contribution in [0, 0.1) is 6.92 Å². The molecule has 0 atom stereocenters. The Morgan fingerprint density at radius 3 is 2.57 bits per heavy atom. The second kappa shape index (κ2) is 2.80. The molecule has 1 saturated carbocycles. The third-order valence-electron chi connectivity index (χ3n) is 3.59. The summed E-state index contributed by atoms with van der Waals surface area (Å²) in [5, 5.41) is 0. The maximum atomic E-state index is 6.27. The highest BCUT2D eigenvalue weighted by molar-refractivity contribution is 5.29. The minimum absolute atomic E-state index is 0.000972. The van der Waals surface area contributed by atoms with Crippen LogP contribution in [-0.2, 0) is 5.41 Å². The van der Waals surface area contributed by atoms with E-state index in [1.165, 1.54) is 5.56 Å². The monoisotopic (exact) mass is 190 g/mol. The number of hydrogen-bond donors (Lipinski definition) is 1. The summed E-state index contributed by atoms with van der Waals surface area (Å²) in [6.45, 7) is 6.49. The molecule has 0 aliphatic heterocycles. The van der Waals surface area contributed by atoms with Gasteiger partial charge in [-0.2, -0.15) is 0 Å². The normalized spacial score (nSPS) is 19.4. The maximum absolute atomic E-state index is 6.27. The van der Waals surface area contributed by atoms with E-state index in [-0.39, 0.29) is 11.0 Å². The molecule has 0 spiro atoms. The van der Waals surface area contributed by atoms with Gasteiger partial charge < -0.3 is 5.73 Å². The molecule has 1 aromatic heterocycles. The number of pyridine rings is 1. The van der Waals surface area contributed by atoms with E-state index in [0.717, 1.165) is 18.5 Å². The topological polar surface area (TPSA) is 38.9 Å². The van der Waals surface area contributed by atoms with Gasteiger partial charge in [0.25, 0.3) is 0 Å². The SMILES string of the molecule is Cc1ccnc(C(C)(C)C2(N)CC2)c1. The lowest BCUT2D eigenvalue weighted by Crippen LogP contribution is -2.43. The van der Waals surface area contributed by atoms with E-state index in [1.807, 2.05) is 12.3 Å². The molecule has 0 aromatic carbocycles. The molecule has 0 amide bonds. The highest BCUT2D eigenvalue weighted by Gasteiger charge is 2.52. The van der Waals surface area contributed by atoms with Crippen LogP contribution in [0.5, 0.6) is 0 Å². The van der Waals surface area contributed by atoms with Crippen LogP contribution in [0.15, 0.2) is 18.3 Å². The van der Waals surface area contributed by atoms with Crippen molar-refractivity contribution in [3.8, 4) is 0 Å². The zero-order valence-corrected chi connectivity index (χ0v) is 9.17. The van der Waals surface area contributed by atoms with Crippen molar-refractivity contribution in [2.75, 3.05) is 0 Å². The van der Waals surface area contributed by atoms with Crippen molar-refractivity contribution >= 4 is 0 Å². The molecule has 2 nitrogen and oxygen atoms in total. The summed E-state index contributed by atoms with van der Waals surface area (Å²) in [4.78, 5) is 4.44. The van der Waals surface area contributed by atoms with Crippen LogP contribution in [0.1, 0.15) is 37.9 Å². The van der Waals surface area contributed by atoms with Crippen molar-refractivity contribution in [1.29, 1.82) is 0 Å². The molecular weight excluding hydrogens is 172 g/mol. The van der Waals surface area contributed by atoms with Crippen molar-refractivity contribution in [2.45, 2.75) is 44.6 Å².